The SMILES string of the molecule is CN(CC(=O)Nc1ccccc1SCC(N)=O)Cc1ccccc1. The zero-order valence-corrected chi connectivity index (χ0v) is 14.4. The van der Waals surface area contributed by atoms with Crippen molar-refractivity contribution < 1.29 is 9.59 Å². The molecule has 0 aliphatic heterocycles. The summed E-state index contributed by atoms with van der Waals surface area (Å²) >= 11 is 1.32. The van der Waals surface area contributed by atoms with Crippen LogP contribution in [0.5, 0.6) is 0 Å². The lowest BCUT2D eigenvalue weighted by molar-refractivity contribution is -0.117. The molecule has 24 heavy (non-hydrogen) atoms. The average Bonchev–Trinajstić information content (AvgIpc) is 2.54. The van der Waals surface area contributed by atoms with Gasteiger partial charge in [0.1, 0.15) is 0 Å². The van der Waals surface area contributed by atoms with Crippen LogP contribution in [0.2, 0.25) is 0 Å². The third-order valence-electron chi connectivity index (χ3n) is 3.24. The minimum atomic E-state index is -0.385. The summed E-state index contributed by atoms with van der Waals surface area (Å²) in [4.78, 5) is 26.0. The quantitative estimate of drug-likeness (QED) is 0.722. The Labute approximate surface area is 146 Å². The molecule has 0 heterocycles. The van der Waals surface area contributed by atoms with Gasteiger partial charge in [0, 0.05) is 11.4 Å². The minimum absolute atomic E-state index is 0.0967. The highest BCUT2D eigenvalue weighted by atomic mass is 32.2. The molecule has 126 valence electrons. The molecule has 0 saturated carbocycles. The Morgan fingerprint density at radius 3 is 2.46 bits per heavy atom. The molecule has 0 aliphatic carbocycles. The third-order valence-corrected chi connectivity index (χ3v) is 4.34. The second-order valence-corrected chi connectivity index (χ2v) is 6.47. The van der Waals surface area contributed by atoms with Crippen LogP contribution < -0.4 is 11.1 Å². The van der Waals surface area contributed by atoms with Crippen molar-refractivity contribution in [3.63, 3.8) is 0 Å². The normalized spacial score (nSPS) is 10.6. The number of primary amides is 1. The fourth-order valence-electron chi connectivity index (χ4n) is 2.23. The van der Waals surface area contributed by atoms with Gasteiger partial charge >= 0.3 is 0 Å². The van der Waals surface area contributed by atoms with Crippen LogP contribution in [-0.4, -0.2) is 36.1 Å². The van der Waals surface area contributed by atoms with Crippen molar-refractivity contribution in [2.24, 2.45) is 5.73 Å². The van der Waals surface area contributed by atoms with E-state index in [-0.39, 0.29) is 24.1 Å². The van der Waals surface area contributed by atoms with Gasteiger partial charge in [-0.2, -0.15) is 0 Å². The van der Waals surface area contributed by atoms with Gasteiger partial charge in [-0.25, -0.2) is 0 Å². The van der Waals surface area contributed by atoms with Crippen LogP contribution in [0, 0.1) is 0 Å². The molecule has 6 heteroatoms. The lowest BCUT2D eigenvalue weighted by Crippen LogP contribution is -2.30. The Morgan fingerprint density at radius 2 is 1.75 bits per heavy atom. The average molecular weight is 343 g/mol. The standard InChI is InChI=1S/C18H21N3O2S/c1-21(11-14-7-3-2-4-8-14)12-18(23)20-15-9-5-6-10-16(15)24-13-17(19)22/h2-10H,11-13H2,1H3,(H2,19,22)(H,20,23). The molecule has 2 rings (SSSR count). The molecular formula is C18H21N3O2S. The van der Waals surface area contributed by atoms with Gasteiger partial charge in [0.25, 0.3) is 0 Å². The van der Waals surface area contributed by atoms with Gasteiger partial charge in [-0.1, -0.05) is 42.5 Å². The number of nitrogens with two attached hydrogens (primary N) is 1. The van der Waals surface area contributed by atoms with Crippen molar-refractivity contribution in [2.45, 2.75) is 11.4 Å². The van der Waals surface area contributed by atoms with E-state index in [4.69, 9.17) is 5.73 Å². The predicted octanol–water partition coefficient (Wildman–Crippen LogP) is 2.33. The van der Waals surface area contributed by atoms with Gasteiger partial charge in [-0.05, 0) is 24.7 Å². The van der Waals surface area contributed by atoms with Gasteiger partial charge in [0.05, 0.1) is 18.0 Å². The summed E-state index contributed by atoms with van der Waals surface area (Å²) in [6.45, 7) is 0.982. The van der Waals surface area contributed by atoms with E-state index in [1.165, 1.54) is 11.8 Å². The first-order valence-corrected chi connectivity index (χ1v) is 8.55. The van der Waals surface area contributed by atoms with Crippen molar-refractivity contribution >= 4 is 29.3 Å². The molecule has 0 bridgehead atoms. The van der Waals surface area contributed by atoms with Crippen molar-refractivity contribution in [3.05, 3.63) is 60.2 Å². The summed E-state index contributed by atoms with van der Waals surface area (Å²) in [5.41, 5.74) is 7.03. The molecule has 2 aromatic carbocycles. The van der Waals surface area contributed by atoms with Crippen LogP contribution in [0.1, 0.15) is 5.56 Å². The Balaban J connectivity index is 1.91. The number of nitrogens with zero attached hydrogens (tertiary/aromatic N) is 1. The van der Waals surface area contributed by atoms with Crippen molar-refractivity contribution in [2.75, 3.05) is 24.7 Å². The Morgan fingerprint density at radius 1 is 1.08 bits per heavy atom. The number of amides is 2. The molecule has 3 N–H and O–H groups in total. The number of carbonyl (C=O) groups is 2. The largest absolute Gasteiger partial charge is 0.369 e. The first-order chi connectivity index (χ1) is 11.5. The Kier molecular flexibility index (Phi) is 6.84. The number of nitrogens with one attached hydrogen (secondary N) is 1. The van der Waals surface area contributed by atoms with E-state index in [9.17, 15) is 9.59 Å². The van der Waals surface area contributed by atoms with Gasteiger partial charge in [0.15, 0.2) is 0 Å². The summed E-state index contributed by atoms with van der Waals surface area (Å²) in [5, 5.41) is 2.90. The van der Waals surface area contributed by atoms with E-state index in [2.05, 4.69) is 5.32 Å². The monoisotopic (exact) mass is 343 g/mol. The first kappa shape index (κ1) is 18.0. The van der Waals surface area contributed by atoms with Crippen LogP contribution >= 0.6 is 11.8 Å². The highest BCUT2D eigenvalue weighted by Crippen LogP contribution is 2.26. The molecule has 0 unspecified atom stereocenters. The van der Waals surface area contributed by atoms with Gasteiger partial charge in [-0.3, -0.25) is 14.5 Å². The molecule has 0 atom stereocenters. The molecule has 2 aromatic rings. The number of hydrogen-bond acceptors (Lipinski definition) is 4. The summed E-state index contributed by atoms with van der Waals surface area (Å²) in [6.07, 6.45) is 0. The number of benzene rings is 2. The number of rotatable bonds is 8. The predicted molar refractivity (Wildman–Crippen MR) is 97.8 cm³/mol. The van der Waals surface area contributed by atoms with E-state index in [1.54, 1.807) is 0 Å². The second-order valence-electron chi connectivity index (χ2n) is 5.46. The number of carbonyl (C=O) groups excluding carboxylic acids is 2. The van der Waals surface area contributed by atoms with Gasteiger partial charge < -0.3 is 11.1 Å². The highest BCUT2D eigenvalue weighted by molar-refractivity contribution is 8.00. The van der Waals surface area contributed by atoms with Crippen LogP contribution in [0.3, 0.4) is 0 Å². The zero-order chi connectivity index (χ0) is 17.4. The number of hydrogen-bond donors (Lipinski definition) is 2. The van der Waals surface area contributed by atoms with E-state index in [1.807, 2.05) is 66.5 Å². The lowest BCUT2D eigenvalue weighted by atomic mass is 10.2. The van der Waals surface area contributed by atoms with Crippen LogP contribution in [0.25, 0.3) is 0 Å². The molecular weight excluding hydrogens is 322 g/mol. The number of anilines is 1. The van der Waals surface area contributed by atoms with E-state index < -0.39 is 0 Å². The maximum absolute atomic E-state index is 12.2. The Hall–Kier alpha value is -2.31. The molecule has 0 spiro atoms. The van der Waals surface area contributed by atoms with Crippen LogP contribution in [-0.2, 0) is 16.1 Å². The summed E-state index contributed by atoms with van der Waals surface area (Å²) in [6, 6.07) is 17.4. The number of para-hydroxylation sites is 1. The fraction of sp³-hybridized carbons (Fsp3) is 0.222. The fourth-order valence-corrected chi connectivity index (χ4v) is 2.98. The third kappa shape index (κ3) is 6.06. The number of likely N-dealkylation sites (N-methyl/N-ethyl adjacent to an activating group) is 1. The number of thioether (sulfide) groups is 1. The molecule has 0 fully saturated rings. The maximum Gasteiger partial charge on any atom is 0.238 e. The molecule has 0 aliphatic rings. The van der Waals surface area contributed by atoms with Gasteiger partial charge in [0.2, 0.25) is 11.8 Å². The van der Waals surface area contributed by atoms with E-state index in [0.29, 0.717) is 12.2 Å². The first-order valence-electron chi connectivity index (χ1n) is 7.57. The van der Waals surface area contributed by atoms with Gasteiger partial charge in [-0.15, -0.1) is 11.8 Å². The summed E-state index contributed by atoms with van der Waals surface area (Å²) in [5.74, 6) is -0.301. The molecule has 2 amide bonds. The second kappa shape index (κ2) is 9.10. The summed E-state index contributed by atoms with van der Waals surface area (Å²) < 4.78 is 0. The van der Waals surface area contributed by atoms with Crippen LogP contribution in [0.4, 0.5) is 5.69 Å². The van der Waals surface area contributed by atoms with E-state index in [0.717, 1.165) is 10.5 Å². The topological polar surface area (TPSA) is 75.4 Å². The summed E-state index contributed by atoms with van der Waals surface area (Å²) in [7, 11) is 1.90. The molecule has 0 radical (unpaired) electrons. The maximum atomic E-state index is 12.2. The smallest absolute Gasteiger partial charge is 0.238 e. The highest BCUT2D eigenvalue weighted by Gasteiger charge is 2.10. The molecule has 0 aromatic heterocycles. The molecule has 5 nitrogen and oxygen atoms in total. The van der Waals surface area contributed by atoms with Crippen molar-refractivity contribution in [1.29, 1.82) is 0 Å². The van der Waals surface area contributed by atoms with Crippen molar-refractivity contribution in [1.82, 2.24) is 4.90 Å². The van der Waals surface area contributed by atoms with E-state index >= 15 is 0 Å². The zero-order valence-electron chi connectivity index (χ0n) is 13.6. The lowest BCUT2D eigenvalue weighted by Gasteiger charge is -2.17. The molecule has 0 saturated heterocycles. The minimum Gasteiger partial charge on any atom is -0.369 e. The van der Waals surface area contributed by atoms with Crippen LogP contribution in [0.15, 0.2) is 59.5 Å². The Bertz CT molecular complexity index is 692. The van der Waals surface area contributed by atoms with Crippen molar-refractivity contribution in [3.8, 4) is 0 Å².